The number of aliphatic hydroxyl groups excluding tert-OH is 1. The van der Waals surface area contributed by atoms with E-state index in [0.29, 0.717) is 28.3 Å². The van der Waals surface area contributed by atoms with Crippen molar-refractivity contribution in [3.8, 4) is 0 Å². The van der Waals surface area contributed by atoms with Crippen LogP contribution in [-0.4, -0.2) is 59.9 Å². The second-order valence-corrected chi connectivity index (χ2v) is 14.8. The number of fused-ring (bicyclic) bond motifs is 8. The van der Waals surface area contributed by atoms with Crippen LogP contribution in [0.1, 0.15) is 111 Å². The van der Waals surface area contributed by atoms with Gasteiger partial charge >= 0.3 is 35.0 Å². The summed E-state index contributed by atoms with van der Waals surface area (Å²) >= 11 is 0. The first-order chi connectivity index (χ1) is 25.4. The molecule has 5 heterocycles. The fraction of sp³-hybridized carbons (Fsp3) is 0.455. The molecule has 4 atom stereocenters. The Bertz CT molecular complexity index is 2270. The minimum atomic E-state index is -1.03. The fourth-order valence-electron chi connectivity index (χ4n) is 8.42. The van der Waals surface area contributed by atoms with Crippen molar-refractivity contribution in [3.05, 3.63) is 90.1 Å². The van der Waals surface area contributed by atoms with E-state index in [9.17, 15) is 14.7 Å². The van der Waals surface area contributed by atoms with Gasteiger partial charge in [-0.1, -0.05) is 92.3 Å². The number of hydrogen-bond donors (Lipinski definition) is 2. The number of aliphatic hydroxyl groups is 1. The van der Waals surface area contributed by atoms with Crippen LogP contribution >= 0.6 is 0 Å². The fourth-order valence-corrected chi connectivity index (χ4v) is 8.42. The Kier molecular flexibility index (Phi) is 13.0. The third kappa shape index (κ3) is 7.56. The van der Waals surface area contributed by atoms with Gasteiger partial charge in [-0.15, -0.1) is 33.1 Å². The van der Waals surface area contributed by atoms with Crippen LogP contribution in [0.5, 0.6) is 0 Å². The Hall–Kier alpha value is -4.15. The zero-order valence-electron chi connectivity index (χ0n) is 33.2. The molecule has 10 heteroatoms. The third-order valence-electron chi connectivity index (χ3n) is 11.6. The van der Waals surface area contributed by atoms with Crippen molar-refractivity contribution in [1.82, 2.24) is 20.3 Å². The monoisotopic (exact) mass is 741 g/mol. The molecule has 3 aliphatic rings. The van der Waals surface area contributed by atoms with Crippen LogP contribution in [0.3, 0.4) is 0 Å². The first-order valence-corrected chi connectivity index (χ1v) is 19.1. The number of allylic oxidation sites excluding steroid dienone is 2. The van der Waals surface area contributed by atoms with E-state index in [2.05, 4.69) is 52.6 Å². The molecular formula is C44H53MgN4O5-. The predicted octanol–water partition coefficient (Wildman–Crippen LogP) is 4.01. The number of aromatic nitrogens is 3. The van der Waals surface area contributed by atoms with Crippen LogP contribution in [0, 0.1) is 38.5 Å². The Labute approximate surface area is 334 Å². The molecule has 0 aromatic carbocycles. The molecule has 1 unspecified atom stereocenters. The van der Waals surface area contributed by atoms with Gasteiger partial charge in [-0.05, 0) is 76.5 Å². The first kappa shape index (κ1) is 41.0. The summed E-state index contributed by atoms with van der Waals surface area (Å²) in [6.07, 6.45) is 15.9. The third-order valence-corrected chi connectivity index (χ3v) is 11.6. The van der Waals surface area contributed by atoms with Crippen LogP contribution in [0.4, 0.5) is 0 Å². The number of unbranched alkanes of at least 4 members (excludes halogenated alkanes) is 2. The molecule has 8 bridgehead atoms. The summed E-state index contributed by atoms with van der Waals surface area (Å²) in [4.78, 5) is 42.0. The molecule has 1 fully saturated rings. The van der Waals surface area contributed by atoms with E-state index in [4.69, 9.17) is 24.4 Å². The van der Waals surface area contributed by atoms with E-state index < -0.39 is 17.9 Å². The summed E-state index contributed by atoms with van der Waals surface area (Å²) in [6.45, 7) is 18.9. The number of ether oxygens (including phenoxy) is 2. The van der Waals surface area contributed by atoms with Gasteiger partial charge in [0.2, 0.25) is 0 Å². The van der Waals surface area contributed by atoms with Crippen molar-refractivity contribution in [2.45, 2.75) is 99.5 Å². The normalized spacial score (nSPS) is 22.3. The van der Waals surface area contributed by atoms with Crippen molar-refractivity contribution in [2.24, 2.45) is 17.8 Å². The van der Waals surface area contributed by atoms with Crippen LogP contribution in [-0.2, 0) is 25.5 Å². The van der Waals surface area contributed by atoms with Gasteiger partial charge in [0.15, 0.2) is 0 Å². The van der Waals surface area contributed by atoms with Crippen LogP contribution in [0.25, 0.3) is 35.6 Å². The quantitative estimate of drug-likeness (QED) is 0.123. The number of carbonyl (C=O) groups is 2. The number of rotatable bonds is 12. The SMILES string of the molecule is C=Cc1c2[n-]c(c1C)/C=C1\NC(C3=c4[n-]c(c(C)c4=C(O)[C@@H]3C(=O)OC)/C=c3\[n-]/c(c(C)c3CC)=C\2)[C@@H](CCC(=O)OC/C=C(/C)CCCCC)[C@@H]1C.[Mg+2]. The van der Waals surface area contributed by atoms with E-state index in [1.807, 2.05) is 38.2 Å². The number of methoxy groups -OCH3 is 1. The maximum absolute atomic E-state index is 13.5. The smallest absolute Gasteiger partial charge is 0.657 e. The van der Waals surface area contributed by atoms with Gasteiger partial charge in [-0.3, -0.25) is 9.59 Å². The summed E-state index contributed by atoms with van der Waals surface area (Å²) in [6, 6.07) is -0.440. The molecule has 0 amide bonds. The molecule has 0 radical (unpaired) electrons. The molecule has 9 nitrogen and oxygen atoms in total. The summed E-state index contributed by atoms with van der Waals surface area (Å²) in [5.74, 6) is -2.14. The summed E-state index contributed by atoms with van der Waals surface area (Å²) < 4.78 is 11.0. The standard InChI is InChI=1S/C44H53N4O5.Mg/c1-10-13-14-15-23(4)18-19-53-37(49)17-16-30-26(7)33-20-31-24(5)28(11-2)35(45-31)21-32-25(6)29(12-3)36(46-32)22-34-27(8)38-42(48-34)39(41(30)47-33)40(43(38)50)44(51)52-9;/h11,18,20-22,26,30,40-41,47,50H,2,10,12-17,19H2,1,3-9H3;/q-3;+2/b23-18-,32-21-,33-20-,36-22-;/t26-,30-,40+,41?;/m0./s1. The average Bonchev–Trinajstić information content (AvgIpc) is 3.87. The number of carbonyl (C=O) groups excluding carboxylic acids is 2. The van der Waals surface area contributed by atoms with Crippen molar-refractivity contribution in [2.75, 3.05) is 13.7 Å². The van der Waals surface area contributed by atoms with Crippen LogP contribution in [0.15, 0.2) is 23.9 Å². The largest absolute Gasteiger partial charge is 2.00 e. The van der Waals surface area contributed by atoms with Crippen LogP contribution in [0.2, 0.25) is 0 Å². The molecule has 282 valence electrons. The van der Waals surface area contributed by atoms with Gasteiger partial charge in [0.25, 0.3) is 0 Å². The Morgan fingerprint density at radius 3 is 2.37 bits per heavy atom. The summed E-state index contributed by atoms with van der Waals surface area (Å²) in [7, 11) is 1.33. The number of hydrogen-bond acceptors (Lipinski definition) is 6. The average molecular weight is 742 g/mol. The van der Waals surface area contributed by atoms with Crippen molar-refractivity contribution in [3.63, 3.8) is 0 Å². The minimum absolute atomic E-state index is 0. The van der Waals surface area contributed by atoms with Gasteiger partial charge in [-0.2, -0.15) is 0 Å². The minimum Gasteiger partial charge on any atom is -0.657 e. The van der Waals surface area contributed by atoms with E-state index in [-0.39, 0.29) is 59.6 Å². The van der Waals surface area contributed by atoms with E-state index in [0.717, 1.165) is 74.9 Å². The molecule has 2 aliphatic heterocycles. The van der Waals surface area contributed by atoms with Gasteiger partial charge in [0.05, 0.1) is 13.2 Å². The van der Waals surface area contributed by atoms with Crippen molar-refractivity contribution in [1.29, 1.82) is 0 Å². The van der Waals surface area contributed by atoms with Crippen molar-refractivity contribution >= 4 is 70.6 Å². The molecule has 54 heavy (non-hydrogen) atoms. The maximum Gasteiger partial charge on any atom is 2.00 e. The number of esters is 2. The molecule has 1 aliphatic carbocycles. The molecule has 0 saturated carbocycles. The second kappa shape index (κ2) is 17.1. The van der Waals surface area contributed by atoms with Gasteiger partial charge in [0.1, 0.15) is 18.3 Å². The van der Waals surface area contributed by atoms with Gasteiger partial charge in [-0.25, -0.2) is 0 Å². The molecule has 0 spiro atoms. The Morgan fingerprint density at radius 1 is 0.963 bits per heavy atom. The topological polar surface area (TPSA) is 127 Å². The summed E-state index contributed by atoms with van der Waals surface area (Å²) in [5.41, 5.74) is 9.99. The second-order valence-electron chi connectivity index (χ2n) is 14.8. The zero-order valence-corrected chi connectivity index (χ0v) is 34.6. The molecule has 2 N–H and O–H groups in total. The molecule has 1 saturated heterocycles. The van der Waals surface area contributed by atoms with Crippen molar-refractivity contribution < 1.29 is 24.2 Å². The summed E-state index contributed by atoms with van der Waals surface area (Å²) in [5, 5.41) is 18.3. The van der Waals surface area contributed by atoms with Gasteiger partial charge in [0, 0.05) is 23.3 Å². The Balaban J connectivity index is 0.00000561. The molecule has 3 aromatic rings. The molecule has 3 aromatic heterocycles. The molecular weight excluding hydrogens is 689 g/mol. The zero-order chi connectivity index (χ0) is 38.1. The van der Waals surface area contributed by atoms with E-state index in [1.165, 1.54) is 25.5 Å². The predicted molar refractivity (Wildman–Crippen MR) is 215 cm³/mol. The first-order valence-electron chi connectivity index (χ1n) is 19.1. The Morgan fingerprint density at radius 2 is 1.69 bits per heavy atom. The maximum atomic E-state index is 13.5. The van der Waals surface area contributed by atoms with E-state index in [1.54, 1.807) is 0 Å². The van der Waals surface area contributed by atoms with E-state index >= 15 is 0 Å². The number of nitrogens with zero attached hydrogens (tertiary/aromatic N) is 3. The number of nitrogens with one attached hydrogen (secondary N) is 1. The van der Waals surface area contributed by atoms with Crippen LogP contribution < -0.4 is 41.5 Å². The van der Waals surface area contributed by atoms with Gasteiger partial charge < -0.3 is 34.8 Å². The molecule has 6 rings (SSSR count).